The Kier molecular flexibility index (Phi) is 5.35. The molecule has 1 fully saturated rings. The fourth-order valence-corrected chi connectivity index (χ4v) is 4.27. The zero-order valence-corrected chi connectivity index (χ0v) is 15.5. The van der Waals surface area contributed by atoms with Gasteiger partial charge in [0.25, 0.3) is 5.91 Å². The lowest BCUT2D eigenvalue weighted by Crippen LogP contribution is -3.08. The zero-order chi connectivity index (χ0) is 17.8. The molecule has 0 unspecified atom stereocenters. The highest BCUT2D eigenvalue weighted by Gasteiger charge is 2.15. The molecule has 2 aromatic carbocycles. The highest BCUT2D eigenvalue weighted by atomic mass is 16.1. The molecule has 0 saturated carbocycles. The molecule has 2 aliphatic rings. The van der Waals surface area contributed by atoms with E-state index in [1.54, 1.807) is 4.90 Å². The van der Waals surface area contributed by atoms with Crippen molar-refractivity contribution >= 4 is 5.91 Å². The minimum absolute atomic E-state index is 0.0314. The summed E-state index contributed by atoms with van der Waals surface area (Å²) in [6.07, 6.45) is 7.50. The molecule has 3 nitrogen and oxygen atoms in total. The van der Waals surface area contributed by atoms with E-state index in [0.717, 1.165) is 30.5 Å². The number of aryl methyl sites for hydroxylation is 2. The molecule has 26 heavy (non-hydrogen) atoms. The fourth-order valence-electron chi connectivity index (χ4n) is 4.27. The third kappa shape index (κ3) is 4.16. The van der Waals surface area contributed by atoms with Gasteiger partial charge in [-0.1, -0.05) is 30.3 Å². The van der Waals surface area contributed by atoms with Crippen LogP contribution in [0, 0.1) is 0 Å². The van der Waals surface area contributed by atoms with Gasteiger partial charge in [-0.15, -0.1) is 0 Å². The summed E-state index contributed by atoms with van der Waals surface area (Å²) in [5.74, 6) is 0.0314. The summed E-state index contributed by atoms with van der Waals surface area (Å²) in [5.41, 5.74) is 6.13. The molecule has 1 aliphatic heterocycles. The molecule has 1 amide bonds. The first-order chi connectivity index (χ1) is 12.8. The van der Waals surface area contributed by atoms with Crippen LogP contribution in [0.2, 0.25) is 0 Å². The van der Waals surface area contributed by atoms with E-state index in [4.69, 9.17) is 0 Å². The third-order valence-electron chi connectivity index (χ3n) is 5.85. The zero-order valence-electron chi connectivity index (χ0n) is 15.5. The van der Waals surface area contributed by atoms with Gasteiger partial charge in [-0.05, 0) is 54.5 Å². The SMILES string of the molecule is O=C(NCc1ccc(C[NH+]2CCCC2)cc1)c1ccc2c(c1)CCCC2. The maximum absolute atomic E-state index is 12.5. The molecule has 1 aliphatic carbocycles. The monoisotopic (exact) mass is 349 g/mol. The summed E-state index contributed by atoms with van der Waals surface area (Å²) >= 11 is 0. The van der Waals surface area contributed by atoms with Crippen LogP contribution in [0.1, 0.15) is 58.3 Å². The molecular weight excluding hydrogens is 320 g/mol. The van der Waals surface area contributed by atoms with Crippen molar-refractivity contribution in [2.75, 3.05) is 13.1 Å². The Labute approximate surface area is 156 Å². The quantitative estimate of drug-likeness (QED) is 0.855. The van der Waals surface area contributed by atoms with Crippen LogP contribution in [-0.4, -0.2) is 19.0 Å². The lowest BCUT2D eigenvalue weighted by Gasteiger charge is -2.16. The maximum Gasteiger partial charge on any atom is 0.251 e. The Hall–Kier alpha value is -2.13. The summed E-state index contributed by atoms with van der Waals surface area (Å²) in [6, 6.07) is 14.9. The molecule has 0 spiro atoms. The summed E-state index contributed by atoms with van der Waals surface area (Å²) in [4.78, 5) is 14.2. The minimum atomic E-state index is 0.0314. The second-order valence-corrected chi connectivity index (χ2v) is 7.82. The molecule has 2 N–H and O–H groups in total. The van der Waals surface area contributed by atoms with Gasteiger partial charge in [-0.2, -0.15) is 0 Å². The van der Waals surface area contributed by atoms with Crippen LogP contribution in [0.4, 0.5) is 0 Å². The second kappa shape index (κ2) is 8.05. The number of benzene rings is 2. The molecule has 4 rings (SSSR count). The number of hydrogen-bond donors (Lipinski definition) is 2. The number of nitrogens with one attached hydrogen (secondary N) is 2. The molecule has 0 radical (unpaired) electrons. The van der Waals surface area contributed by atoms with Crippen LogP contribution in [0.5, 0.6) is 0 Å². The van der Waals surface area contributed by atoms with Gasteiger partial charge in [-0.25, -0.2) is 0 Å². The molecule has 0 atom stereocenters. The Morgan fingerprint density at radius 2 is 1.54 bits per heavy atom. The number of amides is 1. The number of likely N-dealkylation sites (tertiary alicyclic amines) is 1. The van der Waals surface area contributed by atoms with E-state index in [9.17, 15) is 4.79 Å². The molecule has 1 heterocycles. The van der Waals surface area contributed by atoms with Gasteiger partial charge in [-0.3, -0.25) is 4.79 Å². The first-order valence-electron chi connectivity index (χ1n) is 10.1. The third-order valence-corrected chi connectivity index (χ3v) is 5.85. The van der Waals surface area contributed by atoms with E-state index >= 15 is 0 Å². The molecule has 0 bridgehead atoms. The lowest BCUT2D eigenvalue weighted by molar-refractivity contribution is -0.901. The van der Waals surface area contributed by atoms with Gasteiger partial charge in [0, 0.05) is 30.5 Å². The van der Waals surface area contributed by atoms with Crippen LogP contribution in [0.25, 0.3) is 0 Å². The van der Waals surface area contributed by atoms with Crippen molar-refractivity contribution in [3.63, 3.8) is 0 Å². The largest absolute Gasteiger partial charge is 0.348 e. The average molecular weight is 349 g/mol. The van der Waals surface area contributed by atoms with Crippen LogP contribution in [0.15, 0.2) is 42.5 Å². The van der Waals surface area contributed by atoms with Crippen molar-refractivity contribution in [3.05, 3.63) is 70.3 Å². The van der Waals surface area contributed by atoms with Crippen molar-refractivity contribution in [3.8, 4) is 0 Å². The van der Waals surface area contributed by atoms with Crippen molar-refractivity contribution in [1.29, 1.82) is 0 Å². The smallest absolute Gasteiger partial charge is 0.251 e. The van der Waals surface area contributed by atoms with Gasteiger partial charge in [0.1, 0.15) is 6.54 Å². The van der Waals surface area contributed by atoms with Crippen molar-refractivity contribution < 1.29 is 9.69 Å². The van der Waals surface area contributed by atoms with Gasteiger partial charge >= 0.3 is 0 Å². The summed E-state index contributed by atoms with van der Waals surface area (Å²) in [5, 5.41) is 3.07. The summed E-state index contributed by atoms with van der Waals surface area (Å²) in [7, 11) is 0. The Bertz CT molecular complexity index is 760. The van der Waals surface area contributed by atoms with E-state index in [0.29, 0.717) is 6.54 Å². The van der Waals surface area contributed by atoms with E-state index in [2.05, 4.69) is 41.7 Å². The minimum Gasteiger partial charge on any atom is -0.348 e. The number of carbonyl (C=O) groups is 1. The normalized spacial score (nSPS) is 17.1. The molecule has 0 aromatic heterocycles. The van der Waals surface area contributed by atoms with E-state index < -0.39 is 0 Å². The average Bonchev–Trinajstić information content (AvgIpc) is 3.20. The number of carbonyl (C=O) groups excluding carboxylic acids is 1. The topological polar surface area (TPSA) is 33.5 Å². The van der Waals surface area contributed by atoms with Gasteiger partial charge in [0.05, 0.1) is 13.1 Å². The molecule has 2 aromatic rings. The van der Waals surface area contributed by atoms with Crippen LogP contribution in [0.3, 0.4) is 0 Å². The predicted octanol–water partition coefficient (Wildman–Crippen LogP) is 2.67. The summed E-state index contributed by atoms with van der Waals surface area (Å²) in [6.45, 7) is 4.33. The molecule has 1 saturated heterocycles. The Morgan fingerprint density at radius 1 is 0.846 bits per heavy atom. The number of quaternary nitrogens is 1. The van der Waals surface area contributed by atoms with Gasteiger partial charge < -0.3 is 10.2 Å². The van der Waals surface area contributed by atoms with Crippen molar-refractivity contribution in [2.45, 2.75) is 51.6 Å². The molecule has 3 heteroatoms. The van der Waals surface area contributed by atoms with Crippen molar-refractivity contribution in [1.82, 2.24) is 5.32 Å². The Morgan fingerprint density at radius 3 is 2.31 bits per heavy atom. The summed E-state index contributed by atoms with van der Waals surface area (Å²) < 4.78 is 0. The molecular formula is C23H29N2O+. The predicted molar refractivity (Wildman–Crippen MR) is 104 cm³/mol. The standard InChI is InChI=1S/C23H28N2O/c26-23(22-12-11-20-5-1-2-6-21(20)15-22)24-16-18-7-9-19(10-8-18)17-25-13-3-4-14-25/h7-12,15H,1-6,13-14,16-17H2,(H,24,26)/p+1. The first kappa shape index (κ1) is 17.3. The lowest BCUT2D eigenvalue weighted by atomic mass is 9.90. The van der Waals surface area contributed by atoms with E-state index in [1.807, 2.05) is 6.07 Å². The fraction of sp³-hybridized carbons (Fsp3) is 0.435. The number of rotatable bonds is 5. The van der Waals surface area contributed by atoms with Gasteiger partial charge in [0.15, 0.2) is 0 Å². The molecule has 136 valence electrons. The highest BCUT2D eigenvalue weighted by Crippen LogP contribution is 2.22. The van der Waals surface area contributed by atoms with Crippen LogP contribution < -0.4 is 10.2 Å². The van der Waals surface area contributed by atoms with E-state index in [-0.39, 0.29) is 5.91 Å². The van der Waals surface area contributed by atoms with E-state index in [1.165, 1.54) is 55.5 Å². The number of hydrogen-bond acceptors (Lipinski definition) is 1. The van der Waals surface area contributed by atoms with Gasteiger partial charge in [0.2, 0.25) is 0 Å². The number of fused-ring (bicyclic) bond motifs is 1. The van der Waals surface area contributed by atoms with Crippen LogP contribution >= 0.6 is 0 Å². The van der Waals surface area contributed by atoms with Crippen molar-refractivity contribution in [2.24, 2.45) is 0 Å². The maximum atomic E-state index is 12.5. The highest BCUT2D eigenvalue weighted by molar-refractivity contribution is 5.94. The Balaban J connectivity index is 1.32. The van der Waals surface area contributed by atoms with Crippen LogP contribution in [-0.2, 0) is 25.9 Å². The second-order valence-electron chi connectivity index (χ2n) is 7.82. The first-order valence-corrected chi connectivity index (χ1v) is 10.1.